The molecule has 1 aliphatic heterocycles. The number of methoxy groups -OCH3 is 2. The van der Waals surface area contributed by atoms with Crippen LogP contribution < -0.4 is 14.2 Å². The number of ether oxygens (including phenoxy) is 3. The Morgan fingerprint density at radius 2 is 1.91 bits per heavy atom. The minimum atomic E-state index is -0.532. The third kappa shape index (κ3) is 4.27. The Morgan fingerprint density at radius 3 is 2.50 bits per heavy atom. The van der Waals surface area contributed by atoms with Crippen LogP contribution in [0.4, 0.5) is 0 Å². The number of para-hydroxylation sites is 1. The monoisotopic (exact) mass is 309 g/mol. The molecule has 22 heavy (non-hydrogen) atoms. The highest BCUT2D eigenvalue weighted by atomic mass is 16.5. The van der Waals surface area contributed by atoms with Gasteiger partial charge in [0.05, 0.1) is 14.2 Å². The Hall–Kier alpha value is -1.46. The van der Waals surface area contributed by atoms with Crippen LogP contribution in [0, 0.1) is 0 Å². The van der Waals surface area contributed by atoms with Gasteiger partial charge in [-0.05, 0) is 38.4 Å². The summed E-state index contributed by atoms with van der Waals surface area (Å²) < 4.78 is 16.3. The first-order valence-corrected chi connectivity index (χ1v) is 7.91. The lowest BCUT2D eigenvalue weighted by Gasteiger charge is -2.34. The Labute approximate surface area is 132 Å². The van der Waals surface area contributed by atoms with Crippen LogP contribution in [0.1, 0.15) is 26.2 Å². The van der Waals surface area contributed by atoms with Gasteiger partial charge >= 0.3 is 0 Å². The van der Waals surface area contributed by atoms with Crippen LogP contribution >= 0.6 is 0 Å². The van der Waals surface area contributed by atoms with Gasteiger partial charge in [0, 0.05) is 12.6 Å². The van der Waals surface area contributed by atoms with Crippen molar-refractivity contribution in [3.63, 3.8) is 0 Å². The van der Waals surface area contributed by atoms with Gasteiger partial charge in [-0.2, -0.15) is 0 Å². The van der Waals surface area contributed by atoms with E-state index < -0.39 is 6.10 Å². The number of rotatable bonds is 7. The van der Waals surface area contributed by atoms with E-state index in [1.807, 2.05) is 18.2 Å². The van der Waals surface area contributed by atoms with E-state index in [0.29, 0.717) is 29.8 Å². The highest BCUT2D eigenvalue weighted by Crippen LogP contribution is 2.36. The molecule has 0 amide bonds. The fourth-order valence-corrected chi connectivity index (χ4v) is 2.89. The summed E-state index contributed by atoms with van der Waals surface area (Å²) in [5.74, 6) is 1.76. The van der Waals surface area contributed by atoms with E-state index in [4.69, 9.17) is 14.2 Å². The molecule has 0 aromatic heterocycles. The molecule has 0 saturated carbocycles. The van der Waals surface area contributed by atoms with Crippen molar-refractivity contribution in [2.24, 2.45) is 0 Å². The summed E-state index contributed by atoms with van der Waals surface area (Å²) in [4.78, 5) is 2.33. The zero-order valence-electron chi connectivity index (χ0n) is 13.7. The maximum atomic E-state index is 10.3. The van der Waals surface area contributed by atoms with Crippen LogP contribution in [0.15, 0.2) is 18.2 Å². The summed E-state index contributed by atoms with van der Waals surface area (Å²) in [5, 5.41) is 10.3. The number of likely N-dealkylation sites (tertiary alicyclic amines) is 1. The van der Waals surface area contributed by atoms with Crippen molar-refractivity contribution in [1.29, 1.82) is 0 Å². The standard InChI is InChI=1S/C17H27NO4/c1-13-7-4-5-10-18(13)11-14(19)12-22-17-15(20-2)8-6-9-16(17)21-3/h6,8-9,13-14,19H,4-5,7,10-12H2,1-3H3/t13-,14-/m0/s1. The Morgan fingerprint density at radius 1 is 1.23 bits per heavy atom. The van der Waals surface area contributed by atoms with Crippen LogP contribution in [0.25, 0.3) is 0 Å². The third-order valence-electron chi connectivity index (χ3n) is 4.19. The molecule has 0 bridgehead atoms. The molecule has 5 heteroatoms. The molecule has 1 N–H and O–H groups in total. The van der Waals surface area contributed by atoms with Gasteiger partial charge in [0.1, 0.15) is 12.7 Å². The minimum absolute atomic E-state index is 0.222. The van der Waals surface area contributed by atoms with E-state index in [0.717, 1.165) is 6.54 Å². The van der Waals surface area contributed by atoms with Crippen molar-refractivity contribution in [3.8, 4) is 17.2 Å². The smallest absolute Gasteiger partial charge is 0.203 e. The van der Waals surface area contributed by atoms with Crippen molar-refractivity contribution < 1.29 is 19.3 Å². The molecule has 1 saturated heterocycles. The lowest BCUT2D eigenvalue weighted by atomic mass is 10.0. The fraction of sp³-hybridized carbons (Fsp3) is 0.647. The normalized spacial score (nSPS) is 20.5. The summed E-state index contributed by atoms with van der Waals surface area (Å²) in [6.07, 6.45) is 3.16. The van der Waals surface area contributed by atoms with Crippen molar-refractivity contribution >= 4 is 0 Å². The molecule has 0 radical (unpaired) electrons. The summed E-state index contributed by atoms with van der Waals surface area (Å²) >= 11 is 0. The van der Waals surface area contributed by atoms with E-state index in [1.165, 1.54) is 19.3 Å². The Bertz CT molecular complexity index is 444. The van der Waals surface area contributed by atoms with Gasteiger partial charge in [0.25, 0.3) is 0 Å². The second-order valence-corrected chi connectivity index (χ2v) is 5.80. The minimum Gasteiger partial charge on any atom is -0.493 e. The molecule has 1 heterocycles. The number of benzene rings is 1. The molecule has 0 aliphatic carbocycles. The number of nitrogens with zero attached hydrogens (tertiary/aromatic N) is 1. The molecule has 2 rings (SSSR count). The first-order valence-electron chi connectivity index (χ1n) is 7.91. The average Bonchev–Trinajstić information content (AvgIpc) is 2.54. The van der Waals surface area contributed by atoms with Crippen LogP contribution in [-0.2, 0) is 0 Å². The molecule has 1 fully saturated rings. The van der Waals surface area contributed by atoms with Crippen LogP contribution in [0.3, 0.4) is 0 Å². The SMILES string of the molecule is COc1cccc(OC)c1OC[C@@H](O)CN1CCCC[C@@H]1C. The second-order valence-electron chi connectivity index (χ2n) is 5.80. The third-order valence-corrected chi connectivity index (χ3v) is 4.19. The topological polar surface area (TPSA) is 51.2 Å². The summed E-state index contributed by atoms with van der Waals surface area (Å²) in [7, 11) is 3.18. The van der Waals surface area contributed by atoms with Crippen molar-refractivity contribution in [3.05, 3.63) is 18.2 Å². The van der Waals surface area contributed by atoms with Gasteiger partial charge in [-0.15, -0.1) is 0 Å². The number of hydrogen-bond acceptors (Lipinski definition) is 5. The highest BCUT2D eigenvalue weighted by Gasteiger charge is 2.21. The van der Waals surface area contributed by atoms with Gasteiger partial charge in [-0.1, -0.05) is 12.5 Å². The van der Waals surface area contributed by atoms with Gasteiger partial charge in [0.2, 0.25) is 5.75 Å². The van der Waals surface area contributed by atoms with E-state index >= 15 is 0 Å². The van der Waals surface area contributed by atoms with E-state index in [2.05, 4.69) is 11.8 Å². The average molecular weight is 309 g/mol. The molecule has 0 unspecified atom stereocenters. The van der Waals surface area contributed by atoms with Gasteiger partial charge in [-0.3, -0.25) is 4.90 Å². The highest BCUT2D eigenvalue weighted by molar-refractivity contribution is 5.51. The Kier molecular flexibility index (Phi) is 6.34. The molecule has 1 aliphatic rings. The number of hydrogen-bond donors (Lipinski definition) is 1. The number of aliphatic hydroxyl groups excluding tert-OH is 1. The molecular weight excluding hydrogens is 282 g/mol. The van der Waals surface area contributed by atoms with Crippen LogP contribution in [0.5, 0.6) is 17.2 Å². The summed E-state index contributed by atoms with van der Waals surface area (Å²) in [6.45, 7) is 4.13. The lowest BCUT2D eigenvalue weighted by Crippen LogP contribution is -2.43. The van der Waals surface area contributed by atoms with E-state index in [1.54, 1.807) is 14.2 Å². The second kappa shape index (κ2) is 8.25. The maximum Gasteiger partial charge on any atom is 0.203 e. The molecule has 1 aromatic carbocycles. The molecule has 1 aromatic rings. The summed E-state index contributed by atoms with van der Waals surface area (Å²) in [6, 6.07) is 6.01. The first-order chi connectivity index (χ1) is 10.7. The largest absolute Gasteiger partial charge is 0.493 e. The van der Waals surface area contributed by atoms with Crippen molar-refractivity contribution in [2.45, 2.75) is 38.3 Å². The zero-order chi connectivity index (χ0) is 15.9. The predicted octanol–water partition coefficient (Wildman–Crippen LogP) is 2.32. The molecule has 2 atom stereocenters. The van der Waals surface area contributed by atoms with Gasteiger partial charge < -0.3 is 19.3 Å². The lowest BCUT2D eigenvalue weighted by molar-refractivity contribution is 0.0424. The number of β-amino-alcohol motifs (C(OH)–C–C–N with tert-alkyl or cyclic N) is 1. The van der Waals surface area contributed by atoms with Crippen LogP contribution in [-0.4, -0.2) is 56.1 Å². The van der Waals surface area contributed by atoms with E-state index in [9.17, 15) is 5.11 Å². The first kappa shape index (κ1) is 16.9. The predicted molar refractivity (Wildman–Crippen MR) is 85.9 cm³/mol. The molecule has 0 spiro atoms. The van der Waals surface area contributed by atoms with Crippen LogP contribution in [0.2, 0.25) is 0 Å². The number of aliphatic hydroxyl groups is 1. The van der Waals surface area contributed by atoms with Gasteiger partial charge in [-0.25, -0.2) is 0 Å². The Balaban J connectivity index is 1.92. The quantitative estimate of drug-likeness (QED) is 0.837. The van der Waals surface area contributed by atoms with Crippen molar-refractivity contribution in [1.82, 2.24) is 4.90 Å². The molecule has 5 nitrogen and oxygen atoms in total. The fourth-order valence-electron chi connectivity index (χ4n) is 2.89. The van der Waals surface area contributed by atoms with E-state index in [-0.39, 0.29) is 6.61 Å². The zero-order valence-corrected chi connectivity index (χ0v) is 13.7. The van der Waals surface area contributed by atoms with Crippen molar-refractivity contribution in [2.75, 3.05) is 33.9 Å². The maximum absolute atomic E-state index is 10.3. The molecular formula is C17H27NO4. The van der Waals surface area contributed by atoms with Gasteiger partial charge in [0.15, 0.2) is 11.5 Å². The molecule has 124 valence electrons. The number of piperidine rings is 1. The summed E-state index contributed by atoms with van der Waals surface area (Å²) in [5.41, 5.74) is 0.